The molecule has 0 unspecified atom stereocenters. The van der Waals surface area contributed by atoms with Crippen LogP contribution in [0.15, 0.2) is 24.3 Å². The van der Waals surface area contributed by atoms with Gasteiger partial charge in [-0.1, -0.05) is 24.3 Å². The average Bonchev–Trinajstić information content (AvgIpc) is 2.24. The van der Waals surface area contributed by atoms with Gasteiger partial charge in [0, 0.05) is 0 Å². The molecule has 0 saturated heterocycles. The van der Waals surface area contributed by atoms with E-state index in [4.69, 9.17) is 0 Å². The van der Waals surface area contributed by atoms with Crippen LogP contribution < -0.4 is 10.4 Å². The van der Waals surface area contributed by atoms with Crippen LogP contribution in [0.4, 0.5) is 0 Å². The van der Waals surface area contributed by atoms with Gasteiger partial charge in [0.2, 0.25) is 5.79 Å². The van der Waals surface area contributed by atoms with Gasteiger partial charge in [0.1, 0.15) is 0 Å². The minimum absolute atomic E-state index is 0.408. The molecule has 0 bridgehead atoms. The summed E-state index contributed by atoms with van der Waals surface area (Å²) in [6.45, 7) is 0. The first-order valence-corrected chi connectivity index (χ1v) is 4.33. The molecule has 0 fully saturated rings. The Balaban J connectivity index is 2.90. The summed E-state index contributed by atoms with van der Waals surface area (Å²) in [6.07, 6.45) is 1.41. The highest BCUT2D eigenvalue weighted by molar-refractivity contribution is 9.15. The Hall–Kier alpha value is -0.640. The Kier molecular flexibility index (Phi) is 1.61. The predicted molar refractivity (Wildman–Crippen MR) is 49.7 cm³/mol. The molecule has 0 atom stereocenters. The lowest BCUT2D eigenvalue weighted by atomic mass is 10.3. The second kappa shape index (κ2) is 2.42. The van der Waals surface area contributed by atoms with Crippen LogP contribution in [0.2, 0.25) is 0 Å². The van der Waals surface area contributed by atoms with Crippen molar-refractivity contribution in [2.24, 2.45) is 0 Å². The standard InChI is InChI=1S/C9H7BrO2/c10-8-7-4-2-1-3-6(7)5-9(8,11)12/h1-5,11-12H. The maximum atomic E-state index is 9.40. The molecule has 0 amide bonds. The van der Waals surface area contributed by atoms with Gasteiger partial charge in [0.05, 0.1) is 4.48 Å². The minimum Gasteiger partial charge on any atom is -0.358 e. The summed E-state index contributed by atoms with van der Waals surface area (Å²) in [5, 5.41) is 20.5. The minimum atomic E-state index is -1.83. The number of halogens is 1. The van der Waals surface area contributed by atoms with Crippen molar-refractivity contribution in [3.63, 3.8) is 0 Å². The largest absolute Gasteiger partial charge is 0.358 e. The lowest BCUT2D eigenvalue weighted by molar-refractivity contribution is -0.0455. The lowest BCUT2D eigenvalue weighted by Gasteiger charge is -2.11. The van der Waals surface area contributed by atoms with Gasteiger partial charge in [-0.15, -0.1) is 0 Å². The van der Waals surface area contributed by atoms with Crippen LogP contribution in [0.3, 0.4) is 0 Å². The molecule has 0 radical (unpaired) electrons. The Morgan fingerprint density at radius 1 is 1.17 bits per heavy atom. The highest BCUT2D eigenvalue weighted by Gasteiger charge is 2.28. The van der Waals surface area contributed by atoms with Gasteiger partial charge in [-0.3, -0.25) is 0 Å². The van der Waals surface area contributed by atoms with Crippen molar-refractivity contribution in [3.05, 3.63) is 34.7 Å². The molecular weight excluding hydrogens is 220 g/mol. The van der Waals surface area contributed by atoms with Crippen LogP contribution in [0.25, 0.3) is 10.6 Å². The summed E-state index contributed by atoms with van der Waals surface area (Å²) in [4.78, 5) is 0. The summed E-state index contributed by atoms with van der Waals surface area (Å²) in [6, 6.07) is 7.39. The molecule has 0 aliphatic heterocycles. The molecule has 1 aromatic carbocycles. The number of hydrogen-bond donors (Lipinski definition) is 2. The molecule has 1 aliphatic rings. The third-order valence-electron chi connectivity index (χ3n) is 1.88. The molecule has 12 heavy (non-hydrogen) atoms. The van der Waals surface area contributed by atoms with Crippen molar-refractivity contribution in [3.8, 4) is 0 Å². The van der Waals surface area contributed by atoms with Crippen molar-refractivity contribution >= 4 is 26.5 Å². The number of hydrogen-bond acceptors (Lipinski definition) is 2. The van der Waals surface area contributed by atoms with Gasteiger partial charge in [-0.05, 0) is 32.4 Å². The van der Waals surface area contributed by atoms with E-state index in [1.54, 1.807) is 0 Å². The summed E-state index contributed by atoms with van der Waals surface area (Å²) in [5.74, 6) is -1.83. The summed E-state index contributed by atoms with van der Waals surface area (Å²) >= 11 is 3.14. The topological polar surface area (TPSA) is 40.5 Å². The number of aliphatic hydroxyl groups is 2. The van der Waals surface area contributed by atoms with E-state index in [0.717, 1.165) is 10.4 Å². The molecule has 0 spiro atoms. The van der Waals surface area contributed by atoms with Crippen LogP contribution in [-0.4, -0.2) is 16.0 Å². The Morgan fingerprint density at radius 2 is 1.83 bits per heavy atom. The molecule has 2 rings (SSSR count). The molecule has 1 aromatic rings. The van der Waals surface area contributed by atoms with Crippen LogP contribution in [-0.2, 0) is 0 Å². The normalized spacial score (nSPS) is 18.8. The van der Waals surface area contributed by atoms with E-state index in [0.29, 0.717) is 4.48 Å². The van der Waals surface area contributed by atoms with E-state index in [-0.39, 0.29) is 0 Å². The average molecular weight is 227 g/mol. The molecule has 3 heteroatoms. The van der Waals surface area contributed by atoms with Crippen LogP contribution in [0, 0.1) is 0 Å². The van der Waals surface area contributed by atoms with Crippen molar-refractivity contribution < 1.29 is 10.2 Å². The maximum Gasteiger partial charge on any atom is 0.218 e. The van der Waals surface area contributed by atoms with E-state index >= 15 is 0 Å². The zero-order valence-electron chi connectivity index (χ0n) is 6.16. The van der Waals surface area contributed by atoms with Gasteiger partial charge in [0.15, 0.2) is 0 Å². The highest BCUT2D eigenvalue weighted by Crippen LogP contribution is 2.23. The quantitative estimate of drug-likeness (QED) is 0.595. The van der Waals surface area contributed by atoms with Gasteiger partial charge in [-0.25, -0.2) is 0 Å². The molecule has 2 nitrogen and oxygen atoms in total. The summed E-state index contributed by atoms with van der Waals surface area (Å²) < 4.78 is 0.408. The third kappa shape index (κ3) is 1.02. The fraction of sp³-hybridized carbons (Fsp3) is 0.111. The first kappa shape index (κ1) is 7.98. The lowest BCUT2D eigenvalue weighted by Crippen LogP contribution is -2.23. The molecule has 62 valence electrons. The first-order valence-electron chi connectivity index (χ1n) is 3.54. The zero-order chi connectivity index (χ0) is 8.77. The predicted octanol–water partition coefficient (Wildman–Crippen LogP) is -0.335. The SMILES string of the molecule is OC1(O)C=c2ccccc2=C1Br. The van der Waals surface area contributed by atoms with E-state index in [1.165, 1.54) is 6.08 Å². The van der Waals surface area contributed by atoms with E-state index in [2.05, 4.69) is 15.9 Å². The van der Waals surface area contributed by atoms with Gasteiger partial charge in [0.25, 0.3) is 0 Å². The molecule has 0 aromatic heterocycles. The van der Waals surface area contributed by atoms with Crippen molar-refractivity contribution in [1.29, 1.82) is 0 Å². The second-order valence-corrected chi connectivity index (χ2v) is 3.56. The zero-order valence-corrected chi connectivity index (χ0v) is 7.75. The fourth-order valence-corrected chi connectivity index (χ4v) is 1.78. The molecule has 0 heterocycles. The Bertz CT molecular complexity index is 434. The highest BCUT2D eigenvalue weighted by atomic mass is 79.9. The first-order chi connectivity index (χ1) is 5.61. The molecule has 0 saturated carbocycles. The number of rotatable bonds is 0. The van der Waals surface area contributed by atoms with Crippen molar-refractivity contribution in [2.75, 3.05) is 0 Å². The van der Waals surface area contributed by atoms with E-state index in [1.807, 2.05) is 24.3 Å². The van der Waals surface area contributed by atoms with Crippen LogP contribution >= 0.6 is 15.9 Å². The van der Waals surface area contributed by atoms with Gasteiger partial charge in [-0.2, -0.15) is 0 Å². The smallest absolute Gasteiger partial charge is 0.218 e. The second-order valence-electron chi connectivity index (χ2n) is 2.77. The summed E-state index contributed by atoms with van der Waals surface area (Å²) in [5.41, 5.74) is 0. The Morgan fingerprint density at radius 3 is 2.50 bits per heavy atom. The van der Waals surface area contributed by atoms with E-state index in [9.17, 15) is 10.2 Å². The fourth-order valence-electron chi connectivity index (χ4n) is 1.30. The van der Waals surface area contributed by atoms with E-state index < -0.39 is 5.79 Å². The number of fused-ring (bicyclic) bond motifs is 1. The number of benzene rings is 1. The van der Waals surface area contributed by atoms with Crippen LogP contribution in [0.5, 0.6) is 0 Å². The molecule has 2 N–H and O–H groups in total. The van der Waals surface area contributed by atoms with Crippen molar-refractivity contribution in [1.82, 2.24) is 0 Å². The molecule has 1 aliphatic carbocycles. The maximum absolute atomic E-state index is 9.40. The van der Waals surface area contributed by atoms with Gasteiger partial charge < -0.3 is 10.2 Å². The van der Waals surface area contributed by atoms with Gasteiger partial charge >= 0.3 is 0 Å². The Labute approximate surface area is 77.6 Å². The molecular formula is C9H7BrO2. The third-order valence-corrected chi connectivity index (χ3v) is 2.89. The monoisotopic (exact) mass is 226 g/mol. The van der Waals surface area contributed by atoms with Crippen LogP contribution in [0.1, 0.15) is 0 Å². The summed E-state index contributed by atoms with van der Waals surface area (Å²) in [7, 11) is 0. The van der Waals surface area contributed by atoms with Crippen molar-refractivity contribution in [2.45, 2.75) is 5.79 Å².